The number of rotatable bonds is 3. The van der Waals surface area contributed by atoms with Crippen molar-refractivity contribution in [2.75, 3.05) is 25.1 Å². The van der Waals surface area contributed by atoms with Gasteiger partial charge in [0.2, 0.25) is 5.91 Å². The molecule has 18 heavy (non-hydrogen) atoms. The Balaban J connectivity index is 0.00000162. The molecular formula is C13H19ClN2OS. The van der Waals surface area contributed by atoms with Gasteiger partial charge in [-0.1, -0.05) is 30.3 Å². The number of halogens is 1. The number of likely N-dealkylation sites (tertiary alicyclic amines) is 1. The number of thioether (sulfide) groups is 1. The average Bonchev–Trinajstić information content (AvgIpc) is 2.73. The molecule has 0 aliphatic carbocycles. The Morgan fingerprint density at radius 2 is 2.06 bits per heavy atom. The summed E-state index contributed by atoms with van der Waals surface area (Å²) in [5.74, 6) is 1.03. The summed E-state index contributed by atoms with van der Waals surface area (Å²) in [6.07, 6.45) is 1.95. The fourth-order valence-corrected chi connectivity index (χ4v) is 2.73. The second kappa shape index (κ2) is 7.02. The van der Waals surface area contributed by atoms with Crippen LogP contribution in [-0.2, 0) is 4.79 Å². The van der Waals surface area contributed by atoms with Crippen LogP contribution in [0.3, 0.4) is 0 Å². The van der Waals surface area contributed by atoms with Crippen molar-refractivity contribution in [3.8, 4) is 0 Å². The van der Waals surface area contributed by atoms with Gasteiger partial charge in [0.05, 0.1) is 5.75 Å². The minimum atomic E-state index is 0. The molecule has 0 radical (unpaired) electrons. The lowest BCUT2D eigenvalue weighted by Crippen LogP contribution is -2.33. The second-order valence-corrected chi connectivity index (χ2v) is 5.28. The SMILES string of the molecule is CSCC(=O)N1C[C@@H](N)[C@H](c2ccccc2)C1.Cl. The molecule has 1 heterocycles. The molecule has 0 spiro atoms. The van der Waals surface area contributed by atoms with Crippen LogP contribution in [0.2, 0.25) is 0 Å². The van der Waals surface area contributed by atoms with Crippen molar-refractivity contribution in [2.45, 2.75) is 12.0 Å². The number of carbonyl (C=O) groups excluding carboxylic acids is 1. The summed E-state index contributed by atoms with van der Waals surface area (Å²) in [4.78, 5) is 13.7. The van der Waals surface area contributed by atoms with Crippen LogP contribution in [0, 0.1) is 0 Å². The fourth-order valence-electron chi connectivity index (χ4n) is 2.30. The van der Waals surface area contributed by atoms with Crippen LogP contribution in [0.15, 0.2) is 30.3 Å². The van der Waals surface area contributed by atoms with Crippen LogP contribution >= 0.6 is 24.2 Å². The molecule has 3 nitrogen and oxygen atoms in total. The zero-order valence-corrected chi connectivity index (χ0v) is 12.0. The summed E-state index contributed by atoms with van der Waals surface area (Å²) >= 11 is 1.56. The van der Waals surface area contributed by atoms with E-state index in [4.69, 9.17) is 5.73 Å². The van der Waals surface area contributed by atoms with Crippen LogP contribution in [0.5, 0.6) is 0 Å². The maximum absolute atomic E-state index is 11.8. The van der Waals surface area contributed by atoms with E-state index in [1.165, 1.54) is 5.56 Å². The van der Waals surface area contributed by atoms with Gasteiger partial charge < -0.3 is 10.6 Å². The van der Waals surface area contributed by atoms with Crippen molar-refractivity contribution in [3.63, 3.8) is 0 Å². The minimum absolute atomic E-state index is 0. The van der Waals surface area contributed by atoms with Crippen LogP contribution < -0.4 is 5.73 Å². The topological polar surface area (TPSA) is 46.3 Å². The highest BCUT2D eigenvalue weighted by molar-refractivity contribution is 7.99. The summed E-state index contributed by atoms with van der Waals surface area (Å²) in [5.41, 5.74) is 7.37. The van der Waals surface area contributed by atoms with Crippen molar-refractivity contribution in [2.24, 2.45) is 5.73 Å². The predicted molar refractivity (Wildman–Crippen MR) is 79.4 cm³/mol. The third-order valence-corrected chi connectivity index (χ3v) is 3.75. The highest BCUT2D eigenvalue weighted by Crippen LogP contribution is 2.26. The zero-order valence-electron chi connectivity index (χ0n) is 10.4. The van der Waals surface area contributed by atoms with E-state index in [9.17, 15) is 4.79 Å². The zero-order chi connectivity index (χ0) is 12.3. The van der Waals surface area contributed by atoms with Gasteiger partial charge in [0.15, 0.2) is 0 Å². The van der Waals surface area contributed by atoms with E-state index in [2.05, 4.69) is 12.1 Å². The Labute approximate surface area is 119 Å². The molecule has 2 N–H and O–H groups in total. The van der Waals surface area contributed by atoms with Crippen molar-refractivity contribution in [1.82, 2.24) is 4.90 Å². The molecule has 0 unspecified atom stereocenters. The average molecular weight is 287 g/mol. The molecule has 1 aliphatic rings. The molecular weight excluding hydrogens is 268 g/mol. The summed E-state index contributed by atoms with van der Waals surface area (Å²) in [6, 6.07) is 10.3. The number of amides is 1. The summed E-state index contributed by atoms with van der Waals surface area (Å²) < 4.78 is 0. The van der Waals surface area contributed by atoms with E-state index in [0.717, 1.165) is 6.54 Å². The summed E-state index contributed by atoms with van der Waals surface area (Å²) in [6.45, 7) is 1.43. The standard InChI is InChI=1S/C13H18N2OS.ClH/c1-17-9-13(16)15-7-11(12(14)8-15)10-5-3-2-4-6-10;/h2-6,11-12H,7-9,14H2,1H3;1H/t11-,12+;/m0./s1. The first kappa shape index (κ1) is 15.3. The predicted octanol–water partition coefficient (Wildman–Crippen LogP) is 1.72. The van der Waals surface area contributed by atoms with Crippen LogP contribution in [0.25, 0.3) is 0 Å². The molecule has 1 aliphatic heterocycles. The highest BCUT2D eigenvalue weighted by Gasteiger charge is 2.33. The number of hydrogen-bond acceptors (Lipinski definition) is 3. The van der Waals surface area contributed by atoms with Gasteiger partial charge in [-0.25, -0.2) is 0 Å². The molecule has 5 heteroatoms. The van der Waals surface area contributed by atoms with Crippen molar-refractivity contribution in [3.05, 3.63) is 35.9 Å². The van der Waals surface area contributed by atoms with Gasteiger partial charge in [0.1, 0.15) is 0 Å². The molecule has 1 aromatic rings. The van der Waals surface area contributed by atoms with Crippen molar-refractivity contribution in [1.29, 1.82) is 0 Å². The third kappa shape index (κ3) is 3.40. The smallest absolute Gasteiger partial charge is 0.232 e. The van der Waals surface area contributed by atoms with Gasteiger partial charge >= 0.3 is 0 Å². The monoisotopic (exact) mass is 286 g/mol. The number of nitrogens with two attached hydrogens (primary N) is 1. The normalized spacial score (nSPS) is 22.7. The highest BCUT2D eigenvalue weighted by atomic mass is 35.5. The molecule has 0 saturated carbocycles. The Morgan fingerprint density at radius 1 is 1.39 bits per heavy atom. The molecule has 2 rings (SSSR count). The van der Waals surface area contributed by atoms with Gasteiger partial charge in [-0.2, -0.15) is 11.8 Å². The molecule has 100 valence electrons. The van der Waals surface area contributed by atoms with Gasteiger partial charge in [-0.15, -0.1) is 12.4 Å². The maximum Gasteiger partial charge on any atom is 0.232 e. The number of hydrogen-bond donors (Lipinski definition) is 1. The minimum Gasteiger partial charge on any atom is -0.340 e. The van der Waals surface area contributed by atoms with E-state index in [0.29, 0.717) is 12.3 Å². The van der Waals surface area contributed by atoms with Crippen LogP contribution in [-0.4, -0.2) is 41.9 Å². The van der Waals surface area contributed by atoms with Crippen molar-refractivity contribution < 1.29 is 4.79 Å². The van der Waals surface area contributed by atoms with E-state index in [1.807, 2.05) is 29.4 Å². The molecule has 0 aromatic heterocycles. The largest absolute Gasteiger partial charge is 0.340 e. The van der Waals surface area contributed by atoms with Crippen LogP contribution in [0.1, 0.15) is 11.5 Å². The number of carbonyl (C=O) groups is 1. The molecule has 1 aromatic carbocycles. The first-order valence-corrected chi connectivity index (χ1v) is 7.19. The molecule has 1 amide bonds. The molecule has 0 bridgehead atoms. The molecule has 2 atom stereocenters. The van der Waals surface area contributed by atoms with E-state index < -0.39 is 0 Å². The summed E-state index contributed by atoms with van der Waals surface area (Å²) in [7, 11) is 0. The van der Waals surface area contributed by atoms with E-state index in [1.54, 1.807) is 11.8 Å². The lowest BCUT2D eigenvalue weighted by molar-refractivity contribution is -0.127. The first-order valence-electron chi connectivity index (χ1n) is 5.79. The second-order valence-electron chi connectivity index (χ2n) is 4.41. The fraction of sp³-hybridized carbons (Fsp3) is 0.462. The van der Waals surface area contributed by atoms with Gasteiger partial charge in [-0.3, -0.25) is 4.79 Å². The van der Waals surface area contributed by atoms with E-state index in [-0.39, 0.29) is 30.3 Å². The Hall–Kier alpha value is -0.710. The van der Waals surface area contributed by atoms with Gasteiger partial charge in [0, 0.05) is 25.0 Å². The van der Waals surface area contributed by atoms with E-state index >= 15 is 0 Å². The Morgan fingerprint density at radius 3 is 2.67 bits per heavy atom. The van der Waals surface area contributed by atoms with Gasteiger partial charge in [0.25, 0.3) is 0 Å². The lowest BCUT2D eigenvalue weighted by atomic mass is 9.95. The van der Waals surface area contributed by atoms with Crippen LogP contribution in [0.4, 0.5) is 0 Å². The first-order chi connectivity index (χ1) is 8.22. The quantitative estimate of drug-likeness (QED) is 0.920. The van der Waals surface area contributed by atoms with Crippen molar-refractivity contribution >= 4 is 30.1 Å². The number of benzene rings is 1. The lowest BCUT2D eigenvalue weighted by Gasteiger charge is -2.15. The maximum atomic E-state index is 11.8. The number of nitrogens with zero attached hydrogens (tertiary/aromatic N) is 1. The summed E-state index contributed by atoms with van der Waals surface area (Å²) in [5, 5.41) is 0. The third-order valence-electron chi connectivity index (χ3n) is 3.21. The van der Waals surface area contributed by atoms with Gasteiger partial charge in [-0.05, 0) is 11.8 Å². The molecule has 1 fully saturated rings. The Bertz CT molecular complexity index is 388. The molecule has 1 saturated heterocycles. The Kier molecular flexibility index (Phi) is 5.99.